The molecule has 0 spiro atoms. The van der Waals surface area contributed by atoms with Gasteiger partial charge < -0.3 is 10.4 Å². The summed E-state index contributed by atoms with van der Waals surface area (Å²) in [7, 11) is 0. The van der Waals surface area contributed by atoms with E-state index in [9.17, 15) is 4.39 Å². The van der Waals surface area contributed by atoms with Crippen molar-refractivity contribution < 1.29 is 9.50 Å². The highest BCUT2D eigenvalue weighted by atomic mass is 19.1. The van der Waals surface area contributed by atoms with Gasteiger partial charge in [0.1, 0.15) is 0 Å². The second-order valence-corrected chi connectivity index (χ2v) is 5.76. The molecule has 0 amide bonds. The number of phenols is 1. The number of benzene rings is 1. The smallest absolute Gasteiger partial charge is 0.165 e. The lowest BCUT2D eigenvalue weighted by Gasteiger charge is -2.33. The number of hydrogen-bond donors (Lipinski definition) is 2. The number of aromatic hydroxyl groups is 1. The summed E-state index contributed by atoms with van der Waals surface area (Å²) in [6.45, 7) is 3.97. The summed E-state index contributed by atoms with van der Waals surface area (Å²) in [5, 5.41) is 12.5. The Bertz CT molecular complexity index is 399. The molecular formula is C15H22FNO. The van der Waals surface area contributed by atoms with E-state index >= 15 is 0 Å². The summed E-state index contributed by atoms with van der Waals surface area (Å²) in [6, 6.07) is 4.56. The van der Waals surface area contributed by atoms with E-state index in [2.05, 4.69) is 12.2 Å². The number of rotatable bonds is 4. The molecule has 1 fully saturated rings. The highest BCUT2D eigenvalue weighted by Gasteiger charge is 2.25. The van der Waals surface area contributed by atoms with Crippen molar-refractivity contribution in [1.82, 2.24) is 5.32 Å². The van der Waals surface area contributed by atoms with E-state index in [0.29, 0.717) is 12.0 Å². The van der Waals surface area contributed by atoms with E-state index in [1.807, 2.05) is 0 Å². The van der Waals surface area contributed by atoms with Crippen LogP contribution in [0.1, 0.15) is 44.6 Å². The third kappa shape index (κ3) is 3.45. The highest BCUT2D eigenvalue weighted by Crippen LogP contribution is 2.34. The Kier molecular flexibility index (Phi) is 4.23. The van der Waals surface area contributed by atoms with Crippen molar-refractivity contribution in [1.29, 1.82) is 0 Å². The van der Waals surface area contributed by atoms with E-state index in [4.69, 9.17) is 5.11 Å². The molecule has 18 heavy (non-hydrogen) atoms. The minimum atomic E-state index is -0.543. The van der Waals surface area contributed by atoms with E-state index in [0.717, 1.165) is 12.1 Å². The number of phenolic OH excluding ortho intramolecular Hbond substituents is 1. The third-order valence-electron chi connectivity index (χ3n) is 3.95. The first-order valence-electron chi connectivity index (χ1n) is 6.77. The maximum Gasteiger partial charge on any atom is 0.165 e. The van der Waals surface area contributed by atoms with Crippen LogP contribution >= 0.6 is 0 Å². The first-order valence-corrected chi connectivity index (χ1v) is 6.77. The quantitative estimate of drug-likeness (QED) is 0.857. The predicted octanol–water partition coefficient (Wildman–Crippen LogP) is 3.59. The molecule has 3 heteroatoms. The Morgan fingerprint density at radius 3 is 2.67 bits per heavy atom. The fourth-order valence-electron chi connectivity index (χ4n) is 2.75. The largest absolute Gasteiger partial charge is 0.505 e. The van der Waals surface area contributed by atoms with Gasteiger partial charge in [-0.3, -0.25) is 0 Å². The second kappa shape index (κ2) is 5.70. The van der Waals surface area contributed by atoms with Crippen molar-refractivity contribution >= 4 is 0 Å². The number of nitrogens with one attached hydrogen (secondary N) is 1. The lowest BCUT2D eigenvalue weighted by atomic mass is 9.76. The van der Waals surface area contributed by atoms with Crippen molar-refractivity contribution in [2.24, 2.45) is 5.41 Å². The maximum absolute atomic E-state index is 13.2. The monoisotopic (exact) mass is 251 g/mol. The standard InChI is InChI=1S/C15H22FNO/c1-15(7-3-2-4-8-15)11-17-10-12-5-6-14(18)13(16)9-12/h5-6,9,17-18H,2-4,7-8,10-11H2,1H3. The van der Waals surface area contributed by atoms with Gasteiger partial charge in [-0.2, -0.15) is 0 Å². The Morgan fingerprint density at radius 1 is 1.28 bits per heavy atom. The van der Waals surface area contributed by atoms with Gasteiger partial charge in [-0.15, -0.1) is 0 Å². The predicted molar refractivity (Wildman–Crippen MR) is 71.0 cm³/mol. The lowest BCUT2D eigenvalue weighted by Crippen LogP contribution is -2.33. The molecule has 0 aromatic heterocycles. The van der Waals surface area contributed by atoms with Gasteiger partial charge in [0.05, 0.1) is 0 Å². The zero-order valence-corrected chi connectivity index (χ0v) is 11.0. The Balaban J connectivity index is 1.82. The van der Waals surface area contributed by atoms with Crippen molar-refractivity contribution in [3.8, 4) is 5.75 Å². The molecular weight excluding hydrogens is 229 g/mol. The van der Waals surface area contributed by atoms with Crippen LogP contribution in [0.4, 0.5) is 4.39 Å². The maximum atomic E-state index is 13.2. The molecule has 0 bridgehead atoms. The molecule has 100 valence electrons. The molecule has 0 radical (unpaired) electrons. The number of halogens is 1. The average Bonchev–Trinajstić information content (AvgIpc) is 2.34. The molecule has 2 nitrogen and oxygen atoms in total. The van der Waals surface area contributed by atoms with E-state index in [1.165, 1.54) is 44.2 Å². The molecule has 1 saturated carbocycles. The first kappa shape index (κ1) is 13.3. The Labute approximate surface area is 108 Å². The van der Waals surface area contributed by atoms with Gasteiger partial charge >= 0.3 is 0 Å². The molecule has 0 saturated heterocycles. The van der Waals surface area contributed by atoms with Crippen molar-refractivity contribution in [2.45, 2.75) is 45.6 Å². The summed E-state index contributed by atoms with van der Waals surface area (Å²) in [6.07, 6.45) is 6.57. The van der Waals surface area contributed by atoms with Crippen LogP contribution in [0, 0.1) is 11.2 Å². The van der Waals surface area contributed by atoms with Gasteiger partial charge in [0.2, 0.25) is 0 Å². The van der Waals surface area contributed by atoms with Gasteiger partial charge in [-0.05, 0) is 36.0 Å². The first-order chi connectivity index (χ1) is 8.59. The fraction of sp³-hybridized carbons (Fsp3) is 0.600. The third-order valence-corrected chi connectivity index (χ3v) is 3.95. The van der Waals surface area contributed by atoms with Crippen LogP contribution in [-0.4, -0.2) is 11.7 Å². The van der Waals surface area contributed by atoms with Crippen LogP contribution < -0.4 is 5.32 Å². The summed E-state index contributed by atoms with van der Waals surface area (Å²) in [5.74, 6) is -0.823. The average molecular weight is 251 g/mol. The minimum absolute atomic E-state index is 0.280. The van der Waals surface area contributed by atoms with E-state index < -0.39 is 5.82 Å². The summed E-state index contributed by atoms with van der Waals surface area (Å²) >= 11 is 0. The van der Waals surface area contributed by atoms with E-state index in [-0.39, 0.29) is 5.75 Å². The molecule has 0 unspecified atom stereocenters. The minimum Gasteiger partial charge on any atom is -0.505 e. The fourth-order valence-corrected chi connectivity index (χ4v) is 2.75. The molecule has 0 atom stereocenters. The van der Waals surface area contributed by atoms with E-state index in [1.54, 1.807) is 6.07 Å². The van der Waals surface area contributed by atoms with Crippen LogP contribution in [0.3, 0.4) is 0 Å². The summed E-state index contributed by atoms with van der Waals surface area (Å²) in [4.78, 5) is 0. The lowest BCUT2D eigenvalue weighted by molar-refractivity contribution is 0.207. The van der Waals surface area contributed by atoms with Crippen LogP contribution in [0.15, 0.2) is 18.2 Å². The number of hydrogen-bond acceptors (Lipinski definition) is 2. The molecule has 1 aliphatic carbocycles. The molecule has 2 rings (SSSR count). The van der Waals surface area contributed by atoms with Crippen LogP contribution in [0.2, 0.25) is 0 Å². The van der Waals surface area contributed by atoms with Gasteiger partial charge in [0.25, 0.3) is 0 Å². The van der Waals surface area contributed by atoms with Gasteiger partial charge in [-0.25, -0.2) is 4.39 Å². The van der Waals surface area contributed by atoms with Gasteiger partial charge in [-0.1, -0.05) is 32.3 Å². The summed E-state index contributed by atoms with van der Waals surface area (Å²) < 4.78 is 13.2. The van der Waals surface area contributed by atoms with Crippen molar-refractivity contribution in [2.75, 3.05) is 6.54 Å². The molecule has 1 aromatic rings. The van der Waals surface area contributed by atoms with Crippen LogP contribution in [0.25, 0.3) is 0 Å². The second-order valence-electron chi connectivity index (χ2n) is 5.76. The van der Waals surface area contributed by atoms with Gasteiger partial charge in [0, 0.05) is 13.1 Å². The SMILES string of the molecule is CC1(CNCc2ccc(O)c(F)c2)CCCCC1. The van der Waals surface area contributed by atoms with Crippen molar-refractivity contribution in [3.05, 3.63) is 29.6 Å². The Morgan fingerprint density at radius 2 is 2.00 bits per heavy atom. The van der Waals surface area contributed by atoms with Crippen LogP contribution in [-0.2, 0) is 6.54 Å². The molecule has 0 heterocycles. The molecule has 2 N–H and O–H groups in total. The normalized spacial score (nSPS) is 18.8. The summed E-state index contributed by atoms with van der Waals surface area (Å²) in [5.41, 5.74) is 1.28. The van der Waals surface area contributed by atoms with Crippen molar-refractivity contribution in [3.63, 3.8) is 0 Å². The zero-order chi connectivity index (χ0) is 13.0. The molecule has 1 aliphatic rings. The Hall–Kier alpha value is -1.09. The van der Waals surface area contributed by atoms with Crippen LogP contribution in [0.5, 0.6) is 5.75 Å². The highest BCUT2D eigenvalue weighted by molar-refractivity contribution is 5.27. The zero-order valence-electron chi connectivity index (χ0n) is 11.0. The topological polar surface area (TPSA) is 32.3 Å². The van der Waals surface area contributed by atoms with Gasteiger partial charge in [0.15, 0.2) is 11.6 Å². The molecule has 0 aliphatic heterocycles. The molecule has 1 aromatic carbocycles.